The van der Waals surface area contributed by atoms with Gasteiger partial charge >= 0.3 is 0 Å². The minimum Gasteiger partial charge on any atom is -0.494 e. The van der Waals surface area contributed by atoms with E-state index in [-0.39, 0.29) is 17.8 Å². The van der Waals surface area contributed by atoms with Crippen LogP contribution in [0.3, 0.4) is 0 Å². The molecular formula is C15H20FNO3. The number of amides is 1. The minimum atomic E-state index is -0.411. The summed E-state index contributed by atoms with van der Waals surface area (Å²) in [6.07, 6.45) is 1.36. The first-order valence-corrected chi connectivity index (χ1v) is 6.88. The number of halogens is 1. The normalized spacial score (nSPS) is 18.1. The molecule has 1 atom stereocenters. The third-order valence-corrected chi connectivity index (χ3v) is 3.49. The largest absolute Gasteiger partial charge is 0.494 e. The van der Waals surface area contributed by atoms with Crippen LogP contribution in [0.4, 0.5) is 4.39 Å². The molecule has 1 aliphatic heterocycles. The first-order chi connectivity index (χ1) is 9.65. The van der Waals surface area contributed by atoms with Crippen LogP contribution in [0.1, 0.15) is 25.3 Å². The van der Waals surface area contributed by atoms with E-state index in [4.69, 9.17) is 9.47 Å². The number of hydrogen-bond acceptors (Lipinski definition) is 3. The lowest BCUT2D eigenvalue weighted by atomic mass is 10.1. The van der Waals surface area contributed by atoms with E-state index in [2.05, 4.69) is 0 Å². The Morgan fingerprint density at radius 1 is 1.55 bits per heavy atom. The topological polar surface area (TPSA) is 38.8 Å². The van der Waals surface area contributed by atoms with Crippen LogP contribution in [0.2, 0.25) is 0 Å². The molecule has 4 nitrogen and oxygen atoms in total. The van der Waals surface area contributed by atoms with Crippen LogP contribution < -0.4 is 4.74 Å². The van der Waals surface area contributed by atoms with Crippen molar-refractivity contribution in [3.05, 3.63) is 29.6 Å². The smallest absolute Gasteiger partial charge is 0.251 e. The van der Waals surface area contributed by atoms with Crippen molar-refractivity contribution in [1.82, 2.24) is 4.90 Å². The third kappa shape index (κ3) is 3.28. The molecular weight excluding hydrogens is 261 g/mol. The van der Waals surface area contributed by atoms with Gasteiger partial charge in [-0.3, -0.25) is 4.79 Å². The van der Waals surface area contributed by atoms with Crippen LogP contribution in [-0.2, 0) is 16.1 Å². The second-order valence-corrected chi connectivity index (χ2v) is 4.82. The van der Waals surface area contributed by atoms with Gasteiger partial charge in [0.15, 0.2) is 11.6 Å². The highest BCUT2D eigenvalue weighted by atomic mass is 19.1. The summed E-state index contributed by atoms with van der Waals surface area (Å²) < 4.78 is 23.9. The summed E-state index contributed by atoms with van der Waals surface area (Å²) >= 11 is 0. The van der Waals surface area contributed by atoms with E-state index in [0.29, 0.717) is 19.7 Å². The lowest BCUT2D eigenvalue weighted by molar-refractivity contribution is -0.141. The van der Waals surface area contributed by atoms with Crippen molar-refractivity contribution < 1.29 is 18.7 Å². The fraction of sp³-hybridized carbons (Fsp3) is 0.533. The SMILES string of the molecule is CCN(Cc1ccc(OC)c(F)c1)C(=O)[C@@H]1CCCO1. The van der Waals surface area contributed by atoms with Crippen molar-refractivity contribution in [3.63, 3.8) is 0 Å². The van der Waals surface area contributed by atoms with Crippen LogP contribution in [0, 0.1) is 5.82 Å². The number of likely N-dealkylation sites (N-methyl/N-ethyl adjacent to an activating group) is 1. The van der Waals surface area contributed by atoms with Crippen molar-refractivity contribution in [2.24, 2.45) is 0 Å². The monoisotopic (exact) mass is 281 g/mol. The van der Waals surface area contributed by atoms with Crippen molar-refractivity contribution in [2.45, 2.75) is 32.4 Å². The molecule has 1 amide bonds. The second kappa shape index (κ2) is 6.70. The zero-order valence-corrected chi connectivity index (χ0v) is 11.9. The number of benzene rings is 1. The molecule has 0 unspecified atom stereocenters. The maximum Gasteiger partial charge on any atom is 0.251 e. The Hall–Kier alpha value is -1.62. The molecule has 2 rings (SSSR count). The first-order valence-electron chi connectivity index (χ1n) is 6.88. The van der Waals surface area contributed by atoms with Gasteiger partial charge in [-0.15, -0.1) is 0 Å². The molecule has 20 heavy (non-hydrogen) atoms. The summed E-state index contributed by atoms with van der Waals surface area (Å²) in [5.74, 6) is -0.214. The predicted molar refractivity (Wildman–Crippen MR) is 73.0 cm³/mol. The number of ether oxygens (including phenoxy) is 2. The minimum absolute atomic E-state index is 0.0128. The highest BCUT2D eigenvalue weighted by Crippen LogP contribution is 2.20. The Balaban J connectivity index is 2.05. The maximum atomic E-state index is 13.7. The molecule has 1 aromatic rings. The molecule has 110 valence electrons. The molecule has 0 saturated carbocycles. The first kappa shape index (κ1) is 14.8. The number of nitrogens with zero attached hydrogens (tertiary/aromatic N) is 1. The molecule has 1 aliphatic rings. The van der Waals surface area contributed by atoms with Gasteiger partial charge in [-0.1, -0.05) is 6.07 Å². The van der Waals surface area contributed by atoms with Crippen molar-refractivity contribution in [2.75, 3.05) is 20.3 Å². The maximum absolute atomic E-state index is 13.7. The van der Waals surface area contributed by atoms with E-state index in [0.717, 1.165) is 18.4 Å². The van der Waals surface area contributed by atoms with Gasteiger partial charge in [-0.05, 0) is 37.5 Å². The van der Waals surface area contributed by atoms with Crippen LogP contribution in [0.5, 0.6) is 5.75 Å². The fourth-order valence-corrected chi connectivity index (χ4v) is 2.35. The van der Waals surface area contributed by atoms with Crippen molar-refractivity contribution >= 4 is 5.91 Å². The van der Waals surface area contributed by atoms with Gasteiger partial charge in [0.25, 0.3) is 5.91 Å². The summed E-state index contributed by atoms with van der Waals surface area (Å²) in [6, 6.07) is 4.76. The van der Waals surface area contributed by atoms with Crippen LogP contribution >= 0.6 is 0 Å². The number of rotatable bonds is 5. The average molecular weight is 281 g/mol. The van der Waals surface area contributed by atoms with E-state index in [9.17, 15) is 9.18 Å². The van der Waals surface area contributed by atoms with E-state index >= 15 is 0 Å². The predicted octanol–water partition coefficient (Wildman–Crippen LogP) is 2.36. The molecule has 1 saturated heterocycles. The average Bonchev–Trinajstić information content (AvgIpc) is 2.98. The number of carbonyl (C=O) groups is 1. The Labute approximate surface area is 118 Å². The Kier molecular flexibility index (Phi) is 4.95. The molecule has 0 N–H and O–H groups in total. The summed E-state index contributed by atoms with van der Waals surface area (Å²) in [5, 5.41) is 0. The Morgan fingerprint density at radius 3 is 2.90 bits per heavy atom. The van der Waals surface area contributed by atoms with Crippen molar-refractivity contribution in [3.8, 4) is 5.75 Å². The summed E-state index contributed by atoms with van der Waals surface area (Å²) in [4.78, 5) is 14.0. The molecule has 0 radical (unpaired) electrons. The number of hydrogen-bond donors (Lipinski definition) is 0. The van der Waals surface area contributed by atoms with E-state index in [1.54, 1.807) is 17.0 Å². The lowest BCUT2D eigenvalue weighted by Crippen LogP contribution is -2.38. The highest BCUT2D eigenvalue weighted by molar-refractivity contribution is 5.81. The molecule has 1 fully saturated rings. The number of methoxy groups -OCH3 is 1. The van der Waals surface area contributed by atoms with Gasteiger partial charge in [0.2, 0.25) is 0 Å². The molecule has 1 aromatic carbocycles. The van der Waals surface area contributed by atoms with Gasteiger partial charge in [0.1, 0.15) is 6.10 Å². The van der Waals surface area contributed by atoms with Gasteiger partial charge < -0.3 is 14.4 Å². The zero-order valence-electron chi connectivity index (χ0n) is 11.9. The molecule has 0 aromatic heterocycles. The van der Waals surface area contributed by atoms with Crippen LogP contribution in [-0.4, -0.2) is 37.2 Å². The Morgan fingerprint density at radius 2 is 2.35 bits per heavy atom. The number of carbonyl (C=O) groups excluding carboxylic acids is 1. The van der Waals surface area contributed by atoms with Gasteiger partial charge in [0, 0.05) is 19.7 Å². The zero-order chi connectivity index (χ0) is 14.5. The molecule has 0 bridgehead atoms. The quantitative estimate of drug-likeness (QED) is 0.831. The van der Waals surface area contributed by atoms with E-state index < -0.39 is 5.82 Å². The van der Waals surface area contributed by atoms with E-state index in [1.165, 1.54) is 13.2 Å². The summed E-state index contributed by atoms with van der Waals surface area (Å²) in [5.41, 5.74) is 0.747. The van der Waals surface area contributed by atoms with Gasteiger partial charge in [-0.2, -0.15) is 0 Å². The van der Waals surface area contributed by atoms with Gasteiger partial charge in [-0.25, -0.2) is 4.39 Å². The molecule has 1 heterocycles. The molecule has 0 aliphatic carbocycles. The summed E-state index contributed by atoms with van der Waals surface area (Å²) in [7, 11) is 1.43. The van der Waals surface area contributed by atoms with Crippen LogP contribution in [0.25, 0.3) is 0 Å². The summed E-state index contributed by atoms with van der Waals surface area (Å²) in [6.45, 7) is 3.51. The molecule has 0 spiro atoms. The molecule has 5 heteroatoms. The van der Waals surface area contributed by atoms with Gasteiger partial charge in [0.05, 0.1) is 7.11 Å². The second-order valence-electron chi connectivity index (χ2n) is 4.82. The standard InChI is InChI=1S/C15H20FNO3/c1-3-17(15(18)14-5-4-8-20-14)10-11-6-7-13(19-2)12(16)9-11/h6-7,9,14H,3-5,8,10H2,1-2H3/t14-/m0/s1. The van der Waals surface area contributed by atoms with Crippen molar-refractivity contribution in [1.29, 1.82) is 0 Å². The van der Waals surface area contributed by atoms with Crippen LogP contribution in [0.15, 0.2) is 18.2 Å². The van der Waals surface area contributed by atoms with E-state index in [1.807, 2.05) is 6.92 Å². The third-order valence-electron chi connectivity index (χ3n) is 3.49. The highest BCUT2D eigenvalue weighted by Gasteiger charge is 2.27. The fourth-order valence-electron chi connectivity index (χ4n) is 2.35. The lowest BCUT2D eigenvalue weighted by Gasteiger charge is -2.24. The Bertz CT molecular complexity index is 472.